The fourth-order valence-electron chi connectivity index (χ4n) is 6.93. The average molecular weight is 709 g/mol. The lowest BCUT2D eigenvalue weighted by Crippen LogP contribution is -2.45. The van der Waals surface area contributed by atoms with Gasteiger partial charge in [0.05, 0.1) is 58.2 Å². The normalized spacial score (nSPS) is 19.6. The summed E-state index contributed by atoms with van der Waals surface area (Å²) >= 11 is 0. The molecule has 2 aliphatic carbocycles. The molecule has 2 aromatic carbocycles. The van der Waals surface area contributed by atoms with E-state index in [9.17, 15) is 19.2 Å². The number of esters is 1. The molecule has 13 nitrogen and oxygen atoms in total. The van der Waals surface area contributed by atoms with Gasteiger partial charge in [0.2, 0.25) is 17.3 Å². The maximum absolute atomic E-state index is 14.9. The van der Waals surface area contributed by atoms with Gasteiger partial charge >= 0.3 is 11.6 Å². The summed E-state index contributed by atoms with van der Waals surface area (Å²) in [7, 11) is 5.54. The molecule has 0 spiro atoms. The molecule has 50 heavy (non-hydrogen) atoms. The summed E-state index contributed by atoms with van der Waals surface area (Å²) in [5.74, 6) is -4.61. The molecule has 266 valence electrons. The molecule has 2 atom stereocenters. The predicted molar refractivity (Wildman–Crippen MR) is 182 cm³/mol. The van der Waals surface area contributed by atoms with Gasteiger partial charge in [-0.05, 0) is 36.2 Å². The molecule has 3 aliphatic rings. The molecule has 0 saturated carbocycles. The molecule has 3 aromatic rings. The molecule has 0 bridgehead atoms. The predicted octanol–water partition coefficient (Wildman–Crippen LogP) is 5.73. The molecular formula is C36H40O13Si. The van der Waals surface area contributed by atoms with Gasteiger partial charge in [0.15, 0.2) is 34.5 Å². The average Bonchev–Trinajstić information content (AvgIpc) is 3.45. The van der Waals surface area contributed by atoms with Gasteiger partial charge in [0.25, 0.3) is 8.32 Å². The van der Waals surface area contributed by atoms with E-state index in [1.54, 1.807) is 0 Å². The molecule has 1 aromatic heterocycles. The van der Waals surface area contributed by atoms with Crippen molar-refractivity contribution in [2.24, 2.45) is 0 Å². The first kappa shape index (κ1) is 35.0. The largest absolute Gasteiger partial charge is 0.541 e. The summed E-state index contributed by atoms with van der Waals surface area (Å²) in [4.78, 5) is 56.0. The highest BCUT2D eigenvalue weighted by Crippen LogP contribution is 2.61. The van der Waals surface area contributed by atoms with Crippen LogP contribution in [-0.4, -0.2) is 74.3 Å². The van der Waals surface area contributed by atoms with E-state index in [1.807, 2.05) is 0 Å². The Bertz CT molecular complexity index is 2080. The van der Waals surface area contributed by atoms with E-state index in [1.165, 1.54) is 47.7 Å². The first-order valence-electron chi connectivity index (χ1n) is 15.9. The van der Waals surface area contributed by atoms with Gasteiger partial charge in [0.1, 0.15) is 11.1 Å². The van der Waals surface area contributed by atoms with Gasteiger partial charge < -0.3 is 42.0 Å². The van der Waals surface area contributed by atoms with Crippen LogP contribution in [0.3, 0.4) is 0 Å². The Kier molecular flexibility index (Phi) is 8.34. The second kappa shape index (κ2) is 11.9. The maximum atomic E-state index is 14.9. The van der Waals surface area contributed by atoms with Gasteiger partial charge in [-0.1, -0.05) is 20.8 Å². The van der Waals surface area contributed by atoms with Crippen molar-refractivity contribution in [1.82, 2.24) is 0 Å². The quantitative estimate of drug-likeness (QED) is 0.207. The number of carbonyl (C=O) groups is 3. The molecule has 0 amide bonds. The van der Waals surface area contributed by atoms with Crippen molar-refractivity contribution < 1.29 is 56.4 Å². The number of carbonyl (C=O) groups excluding carboxylic acids is 3. The lowest BCUT2D eigenvalue weighted by atomic mass is 9.70. The summed E-state index contributed by atoms with van der Waals surface area (Å²) in [6.45, 7) is 10.3. The van der Waals surface area contributed by atoms with Crippen LogP contribution in [-0.2, 0) is 20.6 Å². The van der Waals surface area contributed by atoms with Crippen molar-refractivity contribution in [3.05, 3.63) is 61.9 Å². The van der Waals surface area contributed by atoms with Gasteiger partial charge in [0, 0.05) is 30.5 Å². The van der Waals surface area contributed by atoms with Crippen LogP contribution in [0.1, 0.15) is 75.5 Å². The smallest absolute Gasteiger partial charge is 0.374 e. The number of hydrogen-bond acceptors (Lipinski definition) is 13. The molecule has 0 saturated heterocycles. The zero-order valence-electron chi connectivity index (χ0n) is 30.0. The van der Waals surface area contributed by atoms with Crippen LogP contribution in [0.4, 0.5) is 0 Å². The van der Waals surface area contributed by atoms with Gasteiger partial charge in [-0.2, -0.15) is 0 Å². The monoisotopic (exact) mass is 708 g/mol. The van der Waals surface area contributed by atoms with Gasteiger partial charge in [-0.3, -0.25) is 9.59 Å². The molecule has 1 aliphatic heterocycles. The second-order valence-corrected chi connectivity index (χ2v) is 18.5. The Morgan fingerprint density at radius 3 is 2.08 bits per heavy atom. The highest BCUT2D eigenvalue weighted by Gasteiger charge is 2.61. The molecule has 2 heterocycles. The first-order valence-corrected chi connectivity index (χ1v) is 18.9. The van der Waals surface area contributed by atoms with Crippen LogP contribution >= 0.6 is 0 Å². The third kappa shape index (κ3) is 4.75. The molecule has 0 unspecified atom stereocenters. The summed E-state index contributed by atoms with van der Waals surface area (Å²) < 4.78 is 52.5. The van der Waals surface area contributed by atoms with E-state index in [4.69, 9.17) is 42.0 Å². The number of fused-ring (bicyclic) bond motifs is 7. The number of ether oxygens (including phenoxy) is 7. The summed E-state index contributed by atoms with van der Waals surface area (Å²) in [6.07, 6.45) is 0.441. The van der Waals surface area contributed by atoms with Crippen molar-refractivity contribution in [3.63, 3.8) is 0 Å². The van der Waals surface area contributed by atoms with Crippen LogP contribution in [0.5, 0.6) is 28.7 Å². The van der Waals surface area contributed by atoms with E-state index in [-0.39, 0.29) is 79.9 Å². The number of ketones is 2. The second-order valence-electron chi connectivity index (χ2n) is 13.8. The molecular weight excluding hydrogens is 668 g/mol. The topological polar surface area (TPSA) is 155 Å². The number of hydrogen-bond donors (Lipinski definition) is 0. The van der Waals surface area contributed by atoms with Crippen molar-refractivity contribution in [2.75, 3.05) is 42.7 Å². The van der Waals surface area contributed by atoms with E-state index in [0.29, 0.717) is 16.9 Å². The minimum absolute atomic E-state index is 0.00609. The van der Waals surface area contributed by atoms with E-state index in [2.05, 4.69) is 33.9 Å². The van der Waals surface area contributed by atoms with Crippen LogP contribution < -0.4 is 29.0 Å². The standard InChI is InChI=1S/C36H40O13Si/c1-35(2,3)50(10,11)49-29-16-12-13-36(46-9)26(21(16)17-14-20(33(39)45-8)47-34(40)22(17)32(29)44-7)25-27(37)23-18(41-4)15-19(42-5)30(43-6)24(23)28(38)31(25)48-36/h14-15,26H,12-13H2,1-11H3/t26-,36-/m1/s1. The SMILES string of the molecule is COC(=O)c1cc2c3c(c(O[Si](C)(C)C(C)(C)C)c(OC)c2c(=O)o1)CC[C@@]1(OC)OC2=C(C(=O)c4c(OC)cc(OC)c(OC)c4C2=O)[C@@H]31. The van der Waals surface area contributed by atoms with Crippen molar-refractivity contribution >= 4 is 36.6 Å². The number of Topliss-reactive ketones (excluding diaryl/α,β-unsaturated/α-hetero) is 2. The zero-order valence-corrected chi connectivity index (χ0v) is 31.0. The highest BCUT2D eigenvalue weighted by molar-refractivity contribution is 6.74. The minimum atomic E-state index is -2.62. The van der Waals surface area contributed by atoms with E-state index in [0.717, 1.165) is 7.11 Å². The third-order valence-corrected chi connectivity index (χ3v) is 14.7. The number of rotatable bonds is 8. The van der Waals surface area contributed by atoms with Crippen LogP contribution in [0.25, 0.3) is 10.8 Å². The first-order chi connectivity index (χ1) is 23.6. The Morgan fingerprint density at radius 2 is 1.52 bits per heavy atom. The van der Waals surface area contributed by atoms with E-state index >= 15 is 0 Å². The van der Waals surface area contributed by atoms with Crippen LogP contribution in [0.2, 0.25) is 18.1 Å². The van der Waals surface area contributed by atoms with Crippen molar-refractivity contribution in [1.29, 1.82) is 0 Å². The number of benzene rings is 2. The summed E-state index contributed by atoms with van der Waals surface area (Å²) in [5, 5.41) is -0.0555. The molecule has 6 rings (SSSR count). The molecule has 0 N–H and O–H groups in total. The van der Waals surface area contributed by atoms with Gasteiger partial charge in [-0.25, -0.2) is 9.59 Å². The lowest BCUT2D eigenvalue weighted by Gasteiger charge is -2.42. The van der Waals surface area contributed by atoms with E-state index < -0.39 is 43.2 Å². The number of methoxy groups -OCH3 is 6. The van der Waals surface area contributed by atoms with Crippen LogP contribution in [0, 0.1) is 0 Å². The third-order valence-electron chi connectivity index (χ3n) is 10.4. The summed E-state index contributed by atoms with van der Waals surface area (Å²) in [6, 6.07) is 2.85. The van der Waals surface area contributed by atoms with Gasteiger partial charge in [-0.15, -0.1) is 0 Å². The molecule has 14 heteroatoms. The Labute approximate surface area is 289 Å². The zero-order chi connectivity index (χ0) is 36.7. The van der Waals surface area contributed by atoms with Crippen LogP contribution in [0.15, 0.2) is 32.7 Å². The minimum Gasteiger partial charge on any atom is -0.541 e. The fourth-order valence-corrected chi connectivity index (χ4v) is 7.96. The van der Waals surface area contributed by atoms with Crippen molar-refractivity contribution in [2.45, 2.75) is 63.5 Å². The lowest BCUT2D eigenvalue weighted by molar-refractivity contribution is -0.198. The maximum Gasteiger partial charge on any atom is 0.374 e. The summed E-state index contributed by atoms with van der Waals surface area (Å²) in [5.41, 5.74) is -0.00196. The fraction of sp³-hybridized carbons (Fsp3) is 0.444. The molecule has 0 fully saturated rings. The Hall–Kier alpha value is -4.82. The Morgan fingerprint density at radius 1 is 0.860 bits per heavy atom. The number of allylic oxidation sites excluding steroid dienone is 1. The molecule has 0 radical (unpaired) electrons. The highest BCUT2D eigenvalue weighted by atomic mass is 28.4. The Balaban J connectivity index is 1.76. The van der Waals surface area contributed by atoms with Crippen molar-refractivity contribution in [3.8, 4) is 28.7 Å².